The van der Waals surface area contributed by atoms with E-state index in [9.17, 15) is 4.79 Å². The van der Waals surface area contributed by atoms with E-state index in [-0.39, 0.29) is 12.5 Å². The minimum atomic E-state index is -0.160. The fraction of sp³-hybridized carbons (Fsp3) is 0.471. The number of unbranched alkanes of at least 4 members (excludes halogenated alkanes) is 3. The molecule has 1 amide bonds. The molecule has 20 heavy (non-hydrogen) atoms. The van der Waals surface area contributed by atoms with Gasteiger partial charge >= 0.3 is 0 Å². The van der Waals surface area contributed by atoms with Gasteiger partial charge in [-0.2, -0.15) is 0 Å². The topological polar surface area (TPSA) is 49.3 Å². The summed E-state index contributed by atoms with van der Waals surface area (Å²) in [6, 6.07) is 5.69. The number of hydrogen-bond donors (Lipinski definition) is 2. The predicted molar refractivity (Wildman–Crippen MR) is 82.5 cm³/mol. The SMILES string of the molecule is CCCCCCC(=O)Nc1cc(C)cc(C#CCO)c1. The lowest BCUT2D eigenvalue weighted by Gasteiger charge is -2.07. The summed E-state index contributed by atoms with van der Waals surface area (Å²) in [4.78, 5) is 11.8. The van der Waals surface area contributed by atoms with E-state index in [0.717, 1.165) is 29.7 Å². The number of aliphatic hydroxyl groups excluding tert-OH is 1. The van der Waals surface area contributed by atoms with Gasteiger partial charge in [-0.05, 0) is 37.1 Å². The number of benzene rings is 1. The van der Waals surface area contributed by atoms with Crippen molar-refractivity contribution in [2.45, 2.75) is 46.0 Å². The molecule has 0 fully saturated rings. The molecule has 0 aliphatic rings. The van der Waals surface area contributed by atoms with Crippen LogP contribution in [-0.2, 0) is 4.79 Å². The van der Waals surface area contributed by atoms with E-state index in [1.165, 1.54) is 12.8 Å². The maximum absolute atomic E-state index is 11.8. The fourth-order valence-electron chi connectivity index (χ4n) is 2.00. The standard InChI is InChI=1S/C17H23NO2/c1-3-4-5-6-9-17(20)18-16-12-14(2)11-15(13-16)8-7-10-19/h11-13,19H,3-6,9-10H2,1-2H3,(H,18,20). The molecule has 0 unspecified atom stereocenters. The van der Waals surface area contributed by atoms with Crippen molar-refractivity contribution >= 4 is 11.6 Å². The molecule has 1 aromatic carbocycles. The molecular formula is C17H23NO2. The molecule has 0 aliphatic heterocycles. The Kier molecular flexibility index (Phi) is 7.46. The second-order valence-electron chi connectivity index (χ2n) is 4.91. The number of carbonyl (C=O) groups excluding carboxylic acids is 1. The molecule has 0 saturated carbocycles. The molecule has 0 spiro atoms. The van der Waals surface area contributed by atoms with Crippen molar-refractivity contribution in [1.29, 1.82) is 0 Å². The molecule has 1 rings (SSSR count). The highest BCUT2D eigenvalue weighted by atomic mass is 16.2. The Bertz CT molecular complexity index is 497. The number of aryl methyl sites for hydroxylation is 1. The van der Waals surface area contributed by atoms with Crippen LogP contribution in [0.1, 0.15) is 50.2 Å². The van der Waals surface area contributed by atoms with Crippen LogP contribution in [0.3, 0.4) is 0 Å². The molecule has 108 valence electrons. The summed E-state index contributed by atoms with van der Waals surface area (Å²) in [6.45, 7) is 3.95. The highest BCUT2D eigenvalue weighted by Crippen LogP contribution is 2.15. The van der Waals surface area contributed by atoms with E-state index in [0.29, 0.717) is 6.42 Å². The number of amides is 1. The van der Waals surface area contributed by atoms with Crippen LogP contribution < -0.4 is 5.32 Å². The van der Waals surface area contributed by atoms with Gasteiger partial charge in [0.2, 0.25) is 5.91 Å². The molecule has 0 aliphatic carbocycles. The minimum absolute atomic E-state index is 0.0489. The summed E-state index contributed by atoms with van der Waals surface area (Å²) in [5, 5.41) is 11.6. The summed E-state index contributed by atoms with van der Waals surface area (Å²) >= 11 is 0. The normalized spacial score (nSPS) is 9.75. The van der Waals surface area contributed by atoms with E-state index >= 15 is 0 Å². The van der Waals surface area contributed by atoms with Crippen LogP contribution in [0.25, 0.3) is 0 Å². The third kappa shape index (κ3) is 6.40. The van der Waals surface area contributed by atoms with Gasteiger partial charge in [0.1, 0.15) is 6.61 Å². The zero-order chi connectivity index (χ0) is 14.8. The maximum atomic E-state index is 11.8. The number of aliphatic hydroxyl groups is 1. The Hall–Kier alpha value is -1.79. The fourth-order valence-corrected chi connectivity index (χ4v) is 2.00. The van der Waals surface area contributed by atoms with Crippen LogP contribution in [0, 0.1) is 18.8 Å². The Labute approximate surface area is 121 Å². The van der Waals surface area contributed by atoms with Gasteiger partial charge in [-0.15, -0.1) is 0 Å². The third-order valence-electron chi connectivity index (χ3n) is 2.93. The minimum Gasteiger partial charge on any atom is -0.384 e. The monoisotopic (exact) mass is 273 g/mol. The molecule has 0 atom stereocenters. The van der Waals surface area contributed by atoms with Gasteiger partial charge in [-0.25, -0.2) is 0 Å². The number of hydrogen-bond acceptors (Lipinski definition) is 2. The summed E-state index contributed by atoms with van der Waals surface area (Å²) in [7, 11) is 0. The highest BCUT2D eigenvalue weighted by Gasteiger charge is 2.03. The molecule has 3 nitrogen and oxygen atoms in total. The largest absolute Gasteiger partial charge is 0.384 e. The average molecular weight is 273 g/mol. The molecule has 0 aromatic heterocycles. The molecule has 0 heterocycles. The van der Waals surface area contributed by atoms with Crippen LogP contribution >= 0.6 is 0 Å². The predicted octanol–water partition coefficient (Wildman–Crippen LogP) is 3.25. The van der Waals surface area contributed by atoms with Gasteiger partial charge in [-0.3, -0.25) is 4.79 Å². The zero-order valence-electron chi connectivity index (χ0n) is 12.3. The lowest BCUT2D eigenvalue weighted by molar-refractivity contribution is -0.116. The van der Waals surface area contributed by atoms with Gasteiger partial charge < -0.3 is 10.4 Å². The molecule has 1 aromatic rings. The summed E-state index contributed by atoms with van der Waals surface area (Å²) in [5.41, 5.74) is 2.61. The smallest absolute Gasteiger partial charge is 0.224 e. The first-order valence-corrected chi connectivity index (χ1v) is 7.17. The van der Waals surface area contributed by atoms with E-state index in [1.54, 1.807) is 0 Å². The van der Waals surface area contributed by atoms with Crippen molar-refractivity contribution in [3.05, 3.63) is 29.3 Å². The van der Waals surface area contributed by atoms with E-state index in [1.807, 2.05) is 25.1 Å². The zero-order valence-corrected chi connectivity index (χ0v) is 12.3. The summed E-state index contributed by atoms with van der Waals surface area (Å²) in [5.74, 6) is 5.52. The molecule has 0 saturated heterocycles. The van der Waals surface area contributed by atoms with Gasteiger partial charge in [0, 0.05) is 17.7 Å². The van der Waals surface area contributed by atoms with Crippen LogP contribution in [-0.4, -0.2) is 17.6 Å². The molecule has 2 N–H and O–H groups in total. The van der Waals surface area contributed by atoms with Crippen molar-refractivity contribution in [3.63, 3.8) is 0 Å². The van der Waals surface area contributed by atoms with Gasteiger partial charge in [0.05, 0.1) is 0 Å². The second-order valence-corrected chi connectivity index (χ2v) is 4.91. The lowest BCUT2D eigenvalue weighted by Crippen LogP contribution is -2.11. The second kappa shape index (κ2) is 9.17. The lowest BCUT2D eigenvalue weighted by atomic mass is 10.1. The highest BCUT2D eigenvalue weighted by molar-refractivity contribution is 5.90. The third-order valence-corrected chi connectivity index (χ3v) is 2.93. The van der Waals surface area contributed by atoms with Crippen LogP contribution in [0.15, 0.2) is 18.2 Å². The average Bonchev–Trinajstić information content (AvgIpc) is 2.41. The molecule has 3 heteroatoms. The Balaban J connectivity index is 2.58. The first-order valence-electron chi connectivity index (χ1n) is 7.17. The van der Waals surface area contributed by atoms with Crippen molar-refractivity contribution in [2.24, 2.45) is 0 Å². The van der Waals surface area contributed by atoms with Gasteiger partial charge in [0.15, 0.2) is 0 Å². The molecule has 0 bridgehead atoms. The Morgan fingerprint density at radius 3 is 2.75 bits per heavy atom. The quantitative estimate of drug-likeness (QED) is 0.617. The van der Waals surface area contributed by atoms with Crippen LogP contribution in [0.2, 0.25) is 0 Å². The number of carbonyl (C=O) groups is 1. The Morgan fingerprint density at radius 1 is 1.25 bits per heavy atom. The number of anilines is 1. The number of rotatable bonds is 6. The van der Waals surface area contributed by atoms with E-state index in [2.05, 4.69) is 24.1 Å². The van der Waals surface area contributed by atoms with Crippen LogP contribution in [0.4, 0.5) is 5.69 Å². The summed E-state index contributed by atoms with van der Waals surface area (Å²) < 4.78 is 0. The van der Waals surface area contributed by atoms with E-state index < -0.39 is 0 Å². The summed E-state index contributed by atoms with van der Waals surface area (Å²) in [6.07, 6.45) is 4.95. The van der Waals surface area contributed by atoms with Crippen molar-refractivity contribution in [1.82, 2.24) is 0 Å². The molecule has 0 radical (unpaired) electrons. The first kappa shape index (κ1) is 16.3. The van der Waals surface area contributed by atoms with Crippen molar-refractivity contribution in [3.8, 4) is 11.8 Å². The first-order chi connectivity index (χ1) is 9.65. The van der Waals surface area contributed by atoms with Gasteiger partial charge in [-0.1, -0.05) is 38.0 Å². The Morgan fingerprint density at radius 2 is 2.05 bits per heavy atom. The molecular weight excluding hydrogens is 250 g/mol. The van der Waals surface area contributed by atoms with Gasteiger partial charge in [0.25, 0.3) is 0 Å². The van der Waals surface area contributed by atoms with Crippen LogP contribution in [0.5, 0.6) is 0 Å². The van der Waals surface area contributed by atoms with E-state index in [4.69, 9.17) is 5.11 Å². The van der Waals surface area contributed by atoms with Crippen molar-refractivity contribution < 1.29 is 9.90 Å². The number of nitrogens with one attached hydrogen (secondary N) is 1. The van der Waals surface area contributed by atoms with Crippen molar-refractivity contribution in [2.75, 3.05) is 11.9 Å². The maximum Gasteiger partial charge on any atom is 0.224 e.